The van der Waals surface area contributed by atoms with Crippen LogP contribution in [-0.4, -0.2) is 30.7 Å². The second kappa shape index (κ2) is 7.41. The largest absolute Gasteiger partial charge is 0.399 e. The Hall–Kier alpha value is -2.46. The van der Waals surface area contributed by atoms with Crippen LogP contribution < -0.4 is 32.1 Å². The molecular formula is C14H18F2N6OS. The number of rotatable bonds is 5. The van der Waals surface area contributed by atoms with Gasteiger partial charge in [-0.2, -0.15) is 0 Å². The number of thiocarbonyl (C=S) groups is 1. The van der Waals surface area contributed by atoms with Crippen LogP contribution in [0.2, 0.25) is 0 Å². The number of nitrogens with one attached hydrogen (secondary N) is 2. The Labute approximate surface area is 143 Å². The van der Waals surface area contributed by atoms with E-state index in [1.807, 2.05) is 0 Å². The van der Waals surface area contributed by atoms with Crippen molar-refractivity contribution in [3.63, 3.8) is 0 Å². The van der Waals surface area contributed by atoms with E-state index in [1.54, 1.807) is 6.92 Å². The van der Waals surface area contributed by atoms with Crippen molar-refractivity contribution in [2.24, 2.45) is 11.6 Å². The van der Waals surface area contributed by atoms with Gasteiger partial charge in [-0.25, -0.2) is 14.6 Å². The molecule has 6 N–H and O–H groups in total. The Kier molecular flexibility index (Phi) is 5.52. The lowest BCUT2D eigenvalue weighted by Crippen LogP contribution is -2.30. The lowest BCUT2D eigenvalue weighted by Gasteiger charge is -2.20. The van der Waals surface area contributed by atoms with E-state index in [2.05, 4.69) is 10.6 Å². The summed E-state index contributed by atoms with van der Waals surface area (Å²) in [5.41, 5.74) is 5.89. The Morgan fingerprint density at radius 2 is 2.12 bits per heavy atom. The minimum Gasteiger partial charge on any atom is -0.399 e. The van der Waals surface area contributed by atoms with Crippen LogP contribution in [0.4, 0.5) is 20.2 Å². The number of nitrogens with zero attached hydrogens (tertiary/aromatic N) is 2. The van der Waals surface area contributed by atoms with E-state index in [1.165, 1.54) is 11.1 Å². The maximum absolute atomic E-state index is 14.3. The molecular weight excluding hydrogens is 338 g/mol. The number of benzene rings is 1. The van der Waals surface area contributed by atoms with Crippen molar-refractivity contribution in [1.82, 2.24) is 10.6 Å². The molecule has 1 saturated heterocycles. The third-order valence-electron chi connectivity index (χ3n) is 3.26. The highest BCUT2D eigenvalue weighted by Crippen LogP contribution is 2.28. The minimum atomic E-state index is -0.822. The fourth-order valence-corrected chi connectivity index (χ4v) is 2.23. The molecule has 0 aromatic heterocycles. The van der Waals surface area contributed by atoms with Crippen LogP contribution in [0.15, 0.2) is 24.0 Å². The van der Waals surface area contributed by atoms with Gasteiger partial charge < -0.3 is 21.3 Å². The van der Waals surface area contributed by atoms with E-state index in [0.717, 1.165) is 17.1 Å². The molecule has 0 bridgehead atoms. The smallest absolute Gasteiger partial charge is 0.240 e. The summed E-state index contributed by atoms with van der Waals surface area (Å²) in [6.45, 7) is 1.90. The summed E-state index contributed by atoms with van der Waals surface area (Å²) in [6.07, 6.45) is 1.33. The second-order valence-electron chi connectivity index (χ2n) is 5.24. The normalized spacial score (nSPS) is 14.6. The molecule has 1 aromatic rings. The van der Waals surface area contributed by atoms with Gasteiger partial charge in [-0.3, -0.25) is 9.80 Å². The Morgan fingerprint density at radius 1 is 1.50 bits per heavy atom. The maximum Gasteiger partial charge on any atom is 0.240 e. The van der Waals surface area contributed by atoms with E-state index < -0.39 is 11.6 Å². The molecule has 1 amide bonds. The van der Waals surface area contributed by atoms with Crippen molar-refractivity contribution in [1.29, 1.82) is 0 Å². The first-order chi connectivity index (χ1) is 11.3. The van der Waals surface area contributed by atoms with Crippen LogP contribution >= 0.6 is 12.2 Å². The van der Waals surface area contributed by atoms with Gasteiger partial charge >= 0.3 is 0 Å². The Morgan fingerprint density at radius 3 is 2.62 bits per heavy atom. The number of halogens is 2. The number of amides is 1. The van der Waals surface area contributed by atoms with Gasteiger partial charge in [0.1, 0.15) is 5.69 Å². The third-order valence-corrected chi connectivity index (χ3v) is 3.41. The minimum absolute atomic E-state index is 0.0494. The summed E-state index contributed by atoms with van der Waals surface area (Å²) in [5, 5.41) is 6.33. The van der Waals surface area contributed by atoms with Crippen LogP contribution in [0.3, 0.4) is 0 Å². The molecule has 1 aromatic carbocycles. The van der Waals surface area contributed by atoms with Crippen molar-refractivity contribution in [2.75, 3.05) is 29.7 Å². The van der Waals surface area contributed by atoms with Crippen molar-refractivity contribution in [2.45, 2.75) is 6.92 Å². The third kappa shape index (κ3) is 4.30. The molecule has 0 atom stereocenters. The topological polar surface area (TPSA) is 99.7 Å². The van der Waals surface area contributed by atoms with Crippen molar-refractivity contribution >= 4 is 34.5 Å². The molecule has 130 valence electrons. The average molecular weight is 356 g/mol. The molecule has 1 aliphatic rings. The summed E-state index contributed by atoms with van der Waals surface area (Å²) < 4.78 is 28.5. The summed E-state index contributed by atoms with van der Waals surface area (Å²) in [4.78, 5) is 13.0. The van der Waals surface area contributed by atoms with Gasteiger partial charge in [0, 0.05) is 24.0 Å². The van der Waals surface area contributed by atoms with E-state index in [9.17, 15) is 13.6 Å². The van der Waals surface area contributed by atoms with Gasteiger partial charge in [-0.1, -0.05) is 12.2 Å². The molecule has 7 nitrogen and oxygen atoms in total. The van der Waals surface area contributed by atoms with Gasteiger partial charge in [0.2, 0.25) is 5.91 Å². The average Bonchev–Trinajstić information content (AvgIpc) is 2.90. The zero-order valence-corrected chi connectivity index (χ0v) is 13.8. The molecule has 0 spiro atoms. The van der Waals surface area contributed by atoms with Crippen LogP contribution in [0.1, 0.15) is 6.92 Å². The zero-order valence-electron chi connectivity index (χ0n) is 13.0. The lowest BCUT2D eigenvalue weighted by molar-refractivity contribution is -0.118. The number of hydrazine groups is 1. The molecule has 2 rings (SSSR count). The van der Waals surface area contributed by atoms with Crippen LogP contribution in [0.5, 0.6) is 0 Å². The highest BCUT2D eigenvalue weighted by molar-refractivity contribution is 7.80. The van der Waals surface area contributed by atoms with Gasteiger partial charge in [0.25, 0.3) is 0 Å². The predicted molar refractivity (Wildman–Crippen MR) is 91.9 cm³/mol. The van der Waals surface area contributed by atoms with E-state index in [-0.39, 0.29) is 37.0 Å². The first-order valence-corrected chi connectivity index (χ1v) is 7.44. The number of carbonyl (C=O) groups excluding carboxylic acids is 1. The molecule has 0 radical (unpaired) electrons. The van der Waals surface area contributed by atoms with Crippen LogP contribution in [-0.2, 0) is 4.79 Å². The Balaban J connectivity index is 2.18. The standard InChI is InChI=1S/C14H18F2N6OS/c1-8(24)19-4-9(17)5-22(18)10-2-11(15)14(12(16)3-10)21-6-13(23)20-7-21/h2-3,5H,4,6-7,17-18H2,1H3,(H,19,24)(H,20,23)/b9-5-. The molecule has 1 aliphatic heterocycles. The van der Waals surface area contributed by atoms with E-state index in [4.69, 9.17) is 23.8 Å². The van der Waals surface area contributed by atoms with Crippen LogP contribution in [0, 0.1) is 11.6 Å². The zero-order chi connectivity index (χ0) is 17.9. The molecule has 24 heavy (non-hydrogen) atoms. The van der Waals surface area contributed by atoms with Gasteiger partial charge in [-0.05, 0) is 6.92 Å². The fraction of sp³-hybridized carbons (Fsp3) is 0.286. The Bertz CT molecular complexity index is 673. The van der Waals surface area contributed by atoms with Crippen molar-refractivity contribution < 1.29 is 13.6 Å². The summed E-state index contributed by atoms with van der Waals surface area (Å²) in [6, 6.07) is 2.14. The monoisotopic (exact) mass is 356 g/mol. The highest BCUT2D eigenvalue weighted by Gasteiger charge is 2.25. The highest BCUT2D eigenvalue weighted by atomic mass is 32.1. The molecule has 10 heteroatoms. The summed E-state index contributed by atoms with van der Waals surface area (Å²) in [5.74, 6) is 3.83. The second-order valence-corrected chi connectivity index (χ2v) is 5.85. The number of hydrogen-bond donors (Lipinski definition) is 4. The number of nitrogens with two attached hydrogens (primary N) is 2. The van der Waals surface area contributed by atoms with Gasteiger partial charge in [-0.15, -0.1) is 0 Å². The van der Waals surface area contributed by atoms with E-state index >= 15 is 0 Å². The van der Waals surface area contributed by atoms with Crippen molar-refractivity contribution in [3.05, 3.63) is 35.7 Å². The molecule has 1 fully saturated rings. The quantitative estimate of drug-likeness (QED) is 0.342. The molecule has 0 aliphatic carbocycles. The first kappa shape index (κ1) is 17.9. The van der Waals surface area contributed by atoms with Crippen LogP contribution in [0.25, 0.3) is 0 Å². The summed E-state index contributed by atoms with van der Waals surface area (Å²) >= 11 is 4.86. The molecule has 0 unspecified atom stereocenters. The van der Waals surface area contributed by atoms with Gasteiger partial charge in [0.05, 0.1) is 30.4 Å². The van der Waals surface area contributed by atoms with Crippen molar-refractivity contribution in [3.8, 4) is 0 Å². The SMILES string of the molecule is CC(=S)NC/C(N)=C/N(N)c1cc(F)c(N2CNC(=O)C2)c(F)c1. The number of carbonyl (C=O) groups is 1. The van der Waals surface area contributed by atoms with E-state index in [0.29, 0.717) is 10.7 Å². The predicted octanol–water partition coefficient (Wildman–Crippen LogP) is 0.276. The van der Waals surface area contributed by atoms with Gasteiger partial charge in [0.15, 0.2) is 11.6 Å². The number of hydrogen-bond acceptors (Lipinski definition) is 6. The fourth-order valence-electron chi connectivity index (χ4n) is 2.16. The lowest BCUT2D eigenvalue weighted by atomic mass is 10.2. The summed E-state index contributed by atoms with van der Waals surface area (Å²) in [7, 11) is 0. The molecule has 1 heterocycles. The number of anilines is 2. The maximum atomic E-state index is 14.3. The molecule has 0 saturated carbocycles. The first-order valence-electron chi connectivity index (χ1n) is 7.03.